The second kappa shape index (κ2) is 8.04. The molecule has 2 aromatic carbocycles. The number of carbonyl (C=O) groups excluding carboxylic acids is 2. The Bertz CT molecular complexity index is 939. The van der Waals surface area contributed by atoms with Gasteiger partial charge in [-0.25, -0.2) is 4.98 Å². The van der Waals surface area contributed by atoms with Crippen molar-refractivity contribution in [2.75, 3.05) is 13.1 Å². The standard InChI is InChI=1S/C21H21N5O2/c27-19-12-18(13-26(19)11-10-15-4-2-1-3-5-15)24-21(28)17-8-6-16(7-9-17)20-22-14-23-25-20/h1-9,14,18H,10-13H2,(H,24,28)(H,22,23,25)/t18-/m0/s1. The quantitative estimate of drug-likeness (QED) is 0.690. The average molecular weight is 375 g/mol. The molecule has 0 aliphatic carbocycles. The summed E-state index contributed by atoms with van der Waals surface area (Å²) in [5.41, 5.74) is 2.62. The van der Waals surface area contributed by atoms with Crippen molar-refractivity contribution in [1.82, 2.24) is 25.4 Å². The van der Waals surface area contributed by atoms with Gasteiger partial charge in [0.05, 0.1) is 6.04 Å². The van der Waals surface area contributed by atoms with E-state index in [1.54, 1.807) is 12.1 Å². The van der Waals surface area contributed by atoms with Crippen molar-refractivity contribution in [2.45, 2.75) is 18.9 Å². The number of nitrogens with zero attached hydrogens (tertiary/aromatic N) is 3. The molecule has 1 aliphatic rings. The predicted octanol–water partition coefficient (Wildman–Crippen LogP) is 2.05. The number of H-pyrrole nitrogens is 1. The van der Waals surface area contributed by atoms with Crippen LogP contribution in [0.1, 0.15) is 22.3 Å². The Morgan fingerprint density at radius 2 is 1.93 bits per heavy atom. The second-order valence-electron chi connectivity index (χ2n) is 6.86. The second-order valence-corrected chi connectivity index (χ2v) is 6.86. The highest BCUT2D eigenvalue weighted by atomic mass is 16.2. The number of hydrogen-bond donors (Lipinski definition) is 2. The number of aromatic amines is 1. The molecular formula is C21H21N5O2. The Balaban J connectivity index is 1.31. The lowest BCUT2D eigenvalue weighted by molar-refractivity contribution is -0.127. The highest BCUT2D eigenvalue weighted by Gasteiger charge is 2.30. The van der Waals surface area contributed by atoms with Crippen molar-refractivity contribution in [2.24, 2.45) is 0 Å². The van der Waals surface area contributed by atoms with E-state index in [1.807, 2.05) is 35.2 Å². The van der Waals surface area contributed by atoms with Crippen LogP contribution in [0.5, 0.6) is 0 Å². The molecule has 0 unspecified atom stereocenters. The maximum atomic E-state index is 12.5. The number of benzene rings is 2. The number of carbonyl (C=O) groups is 2. The lowest BCUT2D eigenvalue weighted by Gasteiger charge is -2.17. The summed E-state index contributed by atoms with van der Waals surface area (Å²) in [6.07, 6.45) is 2.60. The van der Waals surface area contributed by atoms with E-state index in [0.29, 0.717) is 30.9 Å². The molecular weight excluding hydrogens is 354 g/mol. The monoisotopic (exact) mass is 375 g/mol. The van der Waals surface area contributed by atoms with Crippen LogP contribution in [-0.4, -0.2) is 51.0 Å². The molecule has 2 N–H and O–H groups in total. The zero-order chi connectivity index (χ0) is 19.3. The summed E-state index contributed by atoms with van der Waals surface area (Å²) in [5.74, 6) is 0.566. The van der Waals surface area contributed by atoms with Gasteiger partial charge in [0.2, 0.25) is 5.91 Å². The normalized spacial score (nSPS) is 16.4. The van der Waals surface area contributed by atoms with Gasteiger partial charge in [-0.15, -0.1) is 0 Å². The third kappa shape index (κ3) is 4.09. The minimum Gasteiger partial charge on any atom is -0.347 e. The fourth-order valence-electron chi connectivity index (χ4n) is 3.39. The van der Waals surface area contributed by atoms with Gasteiger partial charge in [0, 0.05) is 30.6 Å². The van der Waals surface area contributed by atoms with Gasteiger partial charge in [-0.3, -0.25) is 14.7 Å². The molecule has 142 valence electrons. The summed E-state index contributed by atoms with van der Waals surface area (Å²) in [4.78, 5) is 30.7. The van der Waals surface area contributed by atoms with Crippen molar-refractivity contribution in [3.63, 3.8) is 0 Å². The maximum Gasteiger partial charge on any atom is 0.251 e. The molecule has 0 bridgehead atoms. The molecule has 2 heterocycles. The fraction of sp³-hybridized carbons (Fsp3) is 0.238. The zero-order valence-electron chi connectivity index (χ0n) is 15.3. The Kier molecular flexibility index (Phi) is 5.14. The fourth-order valence-corrected chi connectivity index (χ4v) is 3.39. The first kappa shape index (κ1) is 17.9. The molecule has 1 saturated heterocycles. The van der Waals surface area contributed by atoms with Crippen LogP contribution in [0, 0.1) is 0 Å². The van der Waals surface area contributed by atoms with Gasteiger partial charge in [-0.2, -0.15) is 5.10 Å². The van der Waals surface area contributed by atoms with Gasteiger partial charge in [-0.05, 0) is 24.1 Å². The number of rotatable bonds is 6. The summed E-state index contributed by atoms with van der Waals surface area (Å²) in [7, 11) is 0. The molecule has 28 heavy (non-hydrogen) atoms. The molecule has 1 aliphatic heterocycles. The smallest absolute Gasteiger partial charge is 0.251 e. The lowest BCUT2D eigenvalue weighted by Crippen LogP contribution is -2.37. The van der Waals surface area contributed by atoms with Crippen LogP contribution >= 0.6 is 0 Å². The van der Waals surface area contributed by atoms with Gasteiger partial charge in [0.1, 0.15) is 6.33 Å². The van der Waals surface area contributed by atoms with Crippen molar-refractivity contribution >= 4 is 11.8 Å². The van der Waals surface area contributed by atoms with Crippen LogP contribution in [0.2, 0.25) is 0 Å². The van der Waals surface area contributed by atoms with E-state index in [2.05, 4.69) is 32.6 Å². The minimum atomic E-state index is -0.174. The number of hydrogen-bond acceptors (Lipinski definition) is 4. The van der Waals surface area contributed by atoms with E-state index in [9.17, 15) is 9.59 Å². The maximum absolute atomic E-state index is 12.5. The van der Waals surface area contributed by atoms with Gasteiger partial charge in [0.25, 0.3) is 5.91 Å². The molecule has 1 aromatic heterocycles. The Hall–Kier alpha value is -3.48. The third-order valence-electron chi connectivity index (χ3n) is 4.90. The first-order valence-electron chi connectivity index (χ1n) is 9.27. The molecule has 3 aromatic rings. The summed E-state index contributed by atoms with van der Waals surface area (Å²) in [5, 5.41) is 9.58. The molecule has 1 atom stereocenters. The first-order valence-corrected chi connectivity index (χ1v) is 9.27. The first-order chi connectivity index (χ1) is 13.7. The van der Waals surface area contributed by atoms with Gasteiger partial charge < -0.3 is 10.2 Å². The Labute approximate surface area is 162 Å². The summed E-state index contributed by atoms with van der Waals surface area (Å²) in [6, 6.07) is 17.1. The van der Waals surface area contributed by atoms with Gasteiger partial charge >= 0.3 is 0 Å². The topological polar surface area (TPSA) is 91.0 Å². The molecule has 4 rings (SSSR count). The molecule has 0 spiro atoms. The Morgan fingerprint density at radius 3 is 2.64 bits per heavy atom. The van der Waals surface area contributed by atoms with Crippen molar-refractivity contribution in [3.05, 3.63) is 72.1 Å². The lowest BCUT2D eigenvalue weighted by atomic mass is 10.1. The molecule has 0 saturated carbocycles. The highest BCUT2D eigenvalue weighted by molar-refractivity contribution is 5.95. The van der Waals surface area contributed by atoms with Crippen molar-refractivity contribution in [1.29, 1.82) is 0 Å². The molecule has 0 radical (unpaired) electrons. The van der Waals surface area contributed by atoms with Crippen molar-refractivity contribution < 1.29 is 9.59 Å². The third-order valence-corrected chi connectivity index (χ3v) is 4.90. The van der Waals surface area contributed by atoms with Gasteiger partial charge in [-0.1, -0.05) is 42.5 Å². The Morgan fingerprint density at radius 1 is 1.14 bits per heavy atom. The summed E-state index contributed by atoms with van der Waals surface area (Å²) in [6.45, 7) is 1.22. The summed E-state index contributed by atoms with van der Waals surface area (Å²) >= 11 is 0. The number of amides is 2. The molecule has 7 nitrogen and oxygen atoms in total. The van der Waals surface area contributed by atoms with Crippen LogP contribution in [0.3, 0.4) is 0 Å². The zero-order valence-corrected chi connectivity index (χ0v) is 15.3. The van der Waals surface area contributed by atoms with Crippen LogP contribution in [0.15, 0.2) is 60.9 Å². The largest absolute Gasteiger partial charge is 0.347 e. The van der Waals surface area contributed by atoms with Gasteiger partial charge in [0.15, 0.2) is 5.82 Å². The van der Waals surface area contributed by atoms with Crippen LogP contribution in [0.25, 0.3) is 11.4 Å². The van der Waals surface area contributed by atoms with E-state index in [1.165, 1.54) is 11.9 Å². The van der Waals surface area contributed by atoms with E-state index in [0.717, 1.165) is 12.0 Å². The number of likely N-dealkylation sites (tertiary alicyclic amines) is 1. The average Bonchev–Trinajstić information content (AvgIpc) is 3.37. The summed E-state index contributed by atoms with van der Waals surface area (Å²) < 4.78 is 0. The van der Waals surface area contributed by atoms with E-state index < -0.39 is 0 Å². The van der Waals surface area contributed by atoms with Crippen LogP contribution < -0.4 is 5.32 Å². The minimum absolute atomic E-state index is 0.0851. The van der Waals surface area contributed by atoms with Crippen molar-refractivity contribution in [3.8, 4) is 11.4 Å². The van der Waals surface area contributed by atoms with E-state index in [4.69, 9.17) is 0 Å². The van der Waals surface area contributed by atoms with E-state index in [-0.39, 0.29) is 17.9 Å². The number of aromatic nitrogens is 3. The molecule has 2 amide bonds. The van der Waals surface area contributed by atoms with E-state index >= 15 is 0 Å². The van der Waals surface area contributed by atoms with Crippen LogP contribution in [0.4, 0.5) is 0 Å². The predicted molar refractivity (Wildman–Crippen MR) is 104 cm³/mol. The number of nitrogens with one attached hydrogen (secondary N) is 2. The molecule has 1 fully saturated rings. The van der Waals surface area contributed by atoms with Crippen LogP contribution in [-0.2, 0) is 11.2 Å². The highest BCUT2D eigenvalue weighted by Crippen LogP contribution is 2.16. The SMILES string of the molecule is O=C(N[C@H]1CC(=O)N(CCc2ccccc2)C1)c1ccc(-c2ncn[nH]2)cc1. The molecule has 7 heteroatoms.